The molecule has 2 rings (SSSR count). The number of hydrogen-bond donors (Lipinski definition) is 1. The van der Waals surface area contributed by atoms with Crippen molar-refractivity contribution in [3.63, 3.8) is 0 Å². The number of methoxy groups -OCH3 is 2. The number of nitrogens with one attached hydrogen (secondary N) is 1. The lowest BCUT2D eigenvalue weighted by Crippen LogP contribution is -2.52. The van der Waals surface area contributed by atoms with Crippen molar-refractivity contribution >= 4 is 52.8 Å². The van der Waals surface area contributed by atoms with Crippen LogP contribution in [0.25, 0.3) is 6.08 Å². The molecule has 1 N–H and O–H groups in total. The van der Waals surface area contributed by atoms with Crippen LogP contribution in [0.3, 0.4) is 0 Å². The van der Waals surface area contributed by atoms with E-state index in [1.807, 2.05) is 0 Å². The maximum atomic E-state index is 12.2. The van der Waals surface area contributed by atoms with Gasteiger partial charge in [0.2, 0.25) is 0 Å². The Kier molecular flexibility index (Phi) is 6.17. The van der Waals surface area contributed by atoms with Gasteiger partial charge in [-0.05, 0) is 36.0 Å². The smallest absolute Gasteiger partial charge is 0.343 e. The van der Waals surface area contributed by atoms with Crippen molar-refractivity contribution in [1.29, 1.82) is 0 Å². The lowest BCUT2D eigenvalue weighted by atomic mass is 10.1. The Morgan fingerprint density at radius 2 is 2.04 bits per heavy atom. The average Bonchev–Trinajstić information content (AvgIpc) is 2.61. The van der Waals surface area contributed by atoms with Crippen LogP contribution in [0.15, 0.2) is 17.7 Å². The highest BCUT2D eigenvalue weighted by molar-refractivity contribution is 7.80. The molecule has 26 heavy (non-hydrogen) atoms. The Morgan fingerprint density at radius 1 is 1.35 bits per heavy atom. The molecule has 8 nitrogen and oxygen atoms in total. The van der Waals surface area contributed by atoms with Crippen LogP contribution >= 0.6 is 23.8 Å². The average molecular weight is 399 g/mol. The molecule has 0 radical (unpaired) electrons. The molecular formula is C16H15ClN2O6S. The number of thiocarbonyl (C=S) groups is 1. The third-order valence-electron chi connectivity index (χ3n) is 3.43. The topological polar surface area (TPSA) is 94.2 Å². The molecule has 1 aromatic rings. The van der Waals surface area contributed by atoms with Crippen molar-refractivity contribution in [2.24, 2.45) is 0 Å². The van der Waals surface area contributed by atoms with Gasteiger partial charge in [-0.3, -0.25) is 19.8 Å². The summed E-state index contributed by atoms with van der Waals surface area (Å²) in [4.78, 5) is 36.6. The number of amides is 2. The first-order valence-electron chi connectivity index (χ1n) is 7.20. The summed E-state index contributed by atoms with van der Waals surface area (Å²) in [7, 11) is 4.07. The quantitative estimate of drug-likeness (QED) is 0.344. The predicted molar refractivity (Wildman–Crippen MR) is 97.0 cm³/mol. The molecule has 1 fully saturated rings. The van der Waals surface area contributed by atoms with Gasteiger partial charge in [0.05, 0.1) is 19.2 Å². The van der Waals surface area contributed by atoms with Crippen LogP contribution in [-0.4, -0.2) is 55.7 Å². The van der Waals surface area contributed by atoms with E-state index < -0.39 is 17.8 Å². The summed E-state index contributed by atoms with van der Waals surface area (Å²) in [5.74, 6) is -1.38. The van der Waals surface area contributed by atoms with Crippen LogP contribution in [0, 0.1) is 0 Å². The van der Waals surface area contributed by atoms with Crippen LogP contribution in [0.1, 0.15) is 5.56 Å². The zero-order chi connectivity index (χ0) is 19.4. The first-order chi connectivity index (χ1) is 12.3. The van der Waals surface area contributed by atoms with Crippen molar-refractivity contribution in [1.82, 2.24) is 10.2 Å². The molecule has 0 aliphatic carbocycles. The molecule has 0 bridgehead atoms. The molecule has 1 aliphatic rings. The molecule has 138 valence electrons. The third-order valence-corrected chi connectivity index (χ3v) is 4.09. The first kappa shape index (κ1) is 19.7. The highest BCUT2D eigenvalue weighted by Crippen LogP contribution is 2.37. The molecular weight excluding hydrogens is 384 g/mol. The minimum absolute atomic E-state index is 0.0271. The highest BCUT2D eigenvalue weighted by atomic mass is 35.5. The SMILES string of the molecule is COC(=O)COc1c(Cl)cc(/C=C2\C(=O)NC(=S)N(C)C2=O)cc1OC. The Labute approximate surface area is 159 Å². The van der Waals surface area contributed by atoms with Gasteiger partial charge in [0.25, 0.3) is 11.8 Å². The second kappa shape index (κ2) is 8.15. The van der Waals surface area contributed by atoms with E-state index in [4.69, 9.17) is 33.3 Å². The van der Waals surface area contributed by atoms with Crippen molar-refractivity contribution < 1.29 is 28.6 Å². The highest BCUT2D eigenvalue weighted by Gasteiger charge is 2.30. The number of benzene rings is 1. The molecule has 1 heterocycles. The van der Waals surface area contributed by atoms with E-state index in [0.29, 0.717) is 5.56 Å². The van der Waals surface area contributed by atoms with Gasteiger partial charge in [0.15, 0.2) is 23.2 Å². The molecule has 0 saturated carbocycles. The van der Waals surface area contributed by atoms with Gasteiger partial charge in [0.1, 0.15) is 5.57 Å². The number of ether oxygens (including phenoxy) is 3. The zero-order valence-corrected chi connectivity index (χ0v) is 15.7. The van der Waals surface area contributed by atoms with E-state index in [-0.39, 0.29) is 33.8 Å². The van der Waals surface area contributed by atoms with E-state index in [2.05, 4.69) is 10.1 Å². The minimum Gasteiger partial charge on any atom is -0.493 e. The number of likely N-dealkylation sites (N-methyl/N-ethyl adjacent to an activating group) is 1. The summed E-state index contributed by atoms with van der Waals surface area (Å²) in [6.07, 6.45) is 1.36. The summed E-state index contributed by atoms with van der Waals surface area (Å²) in [5.41, 5.74) is 0.319. The zero-order valence-electron chi connectivity index (χ0n) is 14.1. The number of nitrogens with zero attached hydrogens (tertiary/aromatic N) is 1. The fourth-order valence-electron chi connectivity index (χ4n) is 2.07. The second-order valence-electron chi connectivity index (χ2n) is 5.08. The second-order valence-corrected chi connectivity index (χ2v) is 5.87. The fraction of sp³-hybridized carbons (Fsp3) is 0.250. The Morgan fingerprint density at radius 3 is 2.65 bits per heavy atom. The molecule has 1 saturated heterocycles. The van der Waals surface area contributed by atoms with E-state index >= 15 is 0 Å². The van der Waals surface area contributed by atoms with E-state index in [9.17, 15) is 14.4 Å². The number of carbonyl (C=O) groups is 3. The molecule has 0 aromatic heterocycles. The summed E-state index contributed by atoms with van der Waals surface area (Å²) < 4.78 is 15.0. The lowest BCUT2D eigenvalue weighted by Gasteiger charge is -2.25. The summed E-state index contributed by atoms with van der Waals surface area (Å²) in [6, 6.07) is 2.98. The van der Waals surface area contributed by atoms with Gasteiger partial charge in [-0.25, -0.2) is 4.79 Å². The van der Waals surface area contributed by atoms with Crippen molar-refractivity contribution in [3.05, 3.63) is 28.3 Å². The fourth-order valence-corrected chi connectivity index (χ4v) is 2.51. The van der Waals surface area contributed by atoms with Crippen LogP contribution in [0.5, 0.6) is 11.5 Å². The monoisotopic (exact) mass is 398 g/mol. The van der Waals surface area contributed by atoms with Gasteiger partial charge in [0, 0.05) is 7.05 Å². The van der Waals surface area contributed by atoms with Crippen LogP contribution in [-0.2, 0) is 19.1 Å². The standard InChI is InChI=1S/C16H15ClN2O6S/c1-19-15(22)9(14(21)18-16(19)26)4-8-5-10(17)13(11(6-8)23-2)25-7-12(20)24-3/h4-6H,7H2,1-3H3,(H,18,21,26)/b9-4+. The molecule has 1 aliphatic heterocycles. The largest absolute Gasteiger partial charge is 0.493 e. The summed E-state index contributed by atoms with van der Waals surface area (Å²) >= 11 is 11.1. The Balaban J connectivity index is 2.37. The third kappa shape index (κ3) is 4.12. The maximum Gasteiger partial charge on any atom is 0.343 e. The Hall–Kier alpha value is -2.65. The number of esters is 1. The first-order valence-corrected chi connectivity index (χ1v) is 7.99. The van der Waals surface area contributed by atoms with E-state index in [1.165, 1.54) is 39.5 Å². The molecule has 1 aromatic carbocycles. The predicted octanol–water partition coefficient (Wildman–Crippen LogP) is 1.16. The van der Waals surface area contributed by atoms with Gasteiger partial charge in [-0.2, -0.15) is 0 Å². The van der Waals surface area contributed by atoms with Crippen molar-refractivity contribution in [2.75, 3.05) is 27.9 Å². The molecule has 2 amide bonds. The van der Waals surface area contributed by atoms with Gasteiger partial charge in [-0.1, -0.05) is 11.6 Å². The Bertz CT molecular complexity index is 823. The van der Waals surface area contributed by atoms with Crippen LogP contribution in [0.2, 0.25) is 5.02 Å². The molecule has 10 heteroatoms. The number of halogens is 1. The summed E-state index contributed by atoms with van der Waals surface area (Å²) in [5, 5.41) is 2.57. The lowest BCUT2D eigenvalue weighted by molar-refractivity contribution is -0.143. The molecule has 0 unspecified atom stereocenters. The van der Waals surface area contributed by atoms with Crippen LogP contribution in [0.4, 0.5) is 0 Å². The minimum atomic E-state index is -0.612. The van der Waals surface area contributed by atoms with Crippen molar-refractivity contribution in [2.45, 2.75) is 0 Å². The van der Waals surface area contributed by atoms with Gasteiger partial charge in [-0.15, -0.1) is 0 Å². The molecule has 0 atom stereocenters. The van der Waals surface area contributed by atoms with Crippen LogP contribution < -0.4 is 14.8 Å². The maximum absolute atomic E-state index is 12.2. The van der Waals surface area contributed by atoms with Crippen molar-refractivity contribution in [3.8, 4) is 11.5 Å². The number of rotatable bonds is 5. The van der Waals surface area contributed by atoms with Gasteiger partial charge < -0.3 is 14.2 Å². The molecule has 0 spiro atoms. The summed E-state index contributed by atoms with van der Waals surface area (Å²) in [6.45, 7) is -0.351. The van der Waals surface area contributed by atoms with Gasteiger partial charge >= 0.3 is 5.97 Å². The van der Waals surface area contributed by atoms with E-state index in [1.54, 1.807) is 0 Å². The number of carbonyl (C=O) groups excluding carboxylic acids is 3. The van der Waals surface area contributed by atoms with E-state index in [0.717, 1.165) is 4.90 Å². The number of hydrogen-bond acceptors (Lipinski definition) is 7. The normalized spacial score (nSPS) is 15.8.